The summed E-state index contributed by atoms with van der Waals surface area (Å²) < 4.78 is 14.0. The van der Waals surface area contributed by atoms with Crippen LogP contribution in [0.5, 0.6) is 0 Å². The highest BCUT2D eigenvalue weighted by Gasteiger charge is 2.18. The molecule has 0 aliphatic heterocycles. The van der Waals surface area contributed by atoms with E-state index in [0.29, 0.717) is 5.56 Å². The van der Waals surface area contributed by atoms with Gasteiger partial charge in [0.1, 0.15) is 12.9 Å². The molecule has 104 valence electrons. The molecule has 0 unspecified atom stereocenters. The first-order chi connectivity index (χ1) is 9.52. The molecule has 2 rings (SSSR count). The molecule has 0 saturated heterocycles. The number of hydrogen-bond donors (Lipinski definition) is 1. The van der Waals surface area contributed by atoms with E-state index < -0.39 is 11.5 Å². The van der Waals surface area contributed by atoms with E-state index in [1.165, 1.54) is 49.3 Å². The molecule has 0 saturated carbocycles. The van der Waals surface area contributed by atoms with E-state index in [9.17, 15) is 14.3 Å². The Balaban J connectivity index is 2.36. The molecule has 7 nitrogen and oxygen atoms in total. The van der Waals surface area contributed by atoms with Crippen LogP contribution < -0.4 is 15.3 Å². The molecule has 0 spiro atoms. The van der Waals surface area contributed by atoms with E-state index >= 15 is 0 Å². The van der Waals surface area contributed by atoms with Crippen molar-refractivity contribution < 1.29 is 14.2 Å². The predicted molar refractivity (Wildman–Crippen MR) is 68.1 cm³/mol. The second kappa shape index (κ2) is 5.47. The minimum atomic E-state index is -0.635. The molecule has 1 N–H and O–H groups in total. The molecule has 1 aromatic carbocycles. The zero-order valence-corrected chi connectivity index (χ0v) is 10.9. The van der Waals surface area contributed by atoms with E-state index in [-0.39, 0.29) is 11.5 Å². The van der Waals surface area contributed by atoms with Gasteiger partial charge in [0.05, 0.1) is 6.21 Å². The van der Waals surface area contributed by atoms with Crippen LogP contribution in [-0.2, 0) is 7.05 Å². The van der Waals surface area contributed by atoms with Crippen LogP contribution in [0.15, 0.2) is 39.2 Å². The van der Waals surface area contributed by atoms with Crippen LogP contribution >= 0.6 is 0 Å². The lowest BCUT2D eigenvalue weighted by atomic mass is 10.2. The highest BCUT2D eigenvalue weighted by atomic mass is 19.1. The summed E-state index contributed by atoms with van der Waals surface area (Å²) in [7, 11) is 2.81. The Morgan fingerprint density at radius 2 is 2.10 bits per heavy atom. The summed E-state index contributed by atoms with van der Waals surface area (Å²) in [6.07, 6.45) is 1.37. The molecule has 0 bridgehead atoms. The summed E-state index contributed by atoms with van der Waals surface area (Å²) in [5.41, 5.74) is -0.117. The van der Waals surface area contributed by atoms with Gasteiger partial charge in [0, 0.05) is 17.7 Å². The maximum absolute atomic E-state index is 12.7. The summed E-state index contributed by atoms with van der Waals surface area (Å²) in [4.78, 5) is 16.3. The van der Waals surface area contributed by atoms with Crippen LogP contribution in [0, 0.1) is 5.82 Å². The Morgan fingerprint density at radius 3 is 2.70 bits per heavy atom. The SMILES string of the molecule is CN=C([O-])c1c(=O)n(N=Cc2ccc(F)cc2)[nH][n+]1C. The van der Waals surface area contributed by atoms with Crippen LogP contribution in [0.3, 0.4) is 0 Å². The number of hydrogen-bond acceptors (Lipinski definition) is 4. The van der Waals surface area contributed by atoms with Crippen molar-refractivity contribution in [1.29, 1.82) is 0 Å². The number of aromatic amines is 1. The molecule has 0 amide bonds. The smallest absolute Gasteiger partial charge is 0.427 e. The number of H-pyrrole nitrogens is 1. The van der Waals surface area contributed by atoms with Gasteiger partial charge in [-0.05, 0) is 17.7 Å². The highest BCUT2D eigenvalue weighted by molar-refractivity contribution is 5.86. The Hall–Kier alpha value is -2.77. The lowest BCUT2D eigenvalue weighted by Crippen LogP contribution is -2.43. The molecule has 0 radical (unpaired) electrons. The minimum Gasteiger partial charge on any atom is -0.856 e. The second-order valence-electron chi connectivity index (χ2n) is 3.95. The fraction of sp³-hybridized carbons (Fsp3) is 0.167. The number of nitrogens with zero attached hydrogens (tertiary/aromatic N) is 4. The van der Waals surface area contributed by atoms with Crippen molar-refractivity contribution >= 4 is 12.1 Å². The van der Waals surface area contributed by atoms with Crippen molar-refractivity contribution in [3.8, 4) is 0 Å². The molecule has 0 aliphatic carbocycles. The lowest BCUT2D eigenvalue weighted by molar-refractivity contribution is -0.735. The van der Waals surface area contributed by atoms with Gasteiger partial charge in [0.25, 0.3) is 0 Å². The third-order valence-electron chi connectivity index (χ3n) is 2.57. The number of rotatable bonds is 3. The molecule has 8 heteroatoms. The number of halogens is 1. The molecule has 1 aromatic heterocycles. The van der Waals surface area contributed by atoms with Crippen LogP contribution in [0.2, 0.25) is 0 Å². The largest absolute Gasteiger partial charge is 0.856 e. The standard InChI is InChI=1S/C12H12FN5O2/c1-14-11(19)10-12(20)18(16-17(10)2)15-7-8-3-5-9(13)6-4-8/h3-7H,1-2H3,(H-,14,16,19,20). The van der Waals surface area contributed by atoms with Gasteiger partial charge in [-0.1, -0.05) is 22.4 Å². The fourth-order valence-electron chi connectivity index (χ4n) is 1.57. The Bertz CT molecular complexity index is 727. The van der Waals surface area contributed by atoms with Crippen LogP contribution in [0.4, 0.5) is 4.39 Å². The normalized spacial score (nSPS) is 12.2. The third-order valence-corrected chi connectivity index (χ3v) is 2.57. The van der Waals surface area contributed by atoms with Crippen LogP contribution in [0.25, 0.3) is 0 Å². The first kappa shape index (κ1) is 13.7. The maximum Gasteiger partial charge on any atom is 0.427 e. The zero-order chi connectivity index (χ0) is 14.7. The number of benzene rings is 1. The second-order valence-corrected chi connectivity index (χ2v) is 3.95. The van der Waals surface area contributed by atoms with Gasteiger partial charge in [0.2, 0.25) is 5.69 Å². The summed E-state index contributed by atoms with van der Waals surface area (Å²) in [6, 6.07) is 5.59. The van der Waals surface area contributed by atoms with Gasteiger partial charge >= 0.3 is 5.56 Å². The quantitative estimate of drug-likeness (QED) is 0.432. The van der Waals surface area contributed by atoms with Crippen molar-refractivity contribution in [2.45, 2.75) is 0 Å². The molecule has 0 fully saturated rings. The van der Waals surface area contributed by atoms with Crippen molar-refractivity contribution in [3.63, 3.8) is 0 Å². The van der Waals surface area contributed by atoms with Crippen molar-refractivity contribution in [2.24, 2.45) is 17.1 Å². The van der Waals surface area contributed by atoms with Crippen molar-refractivity contribution in [3.05, 3.63) is 51.7 Å². The van der Waals surface area contributed by atoms with Crippen molar-refractivity contribution in [2.75, 3.05) is 7.05 Å². The maximum atomic E-state index is 12.7. The minimum absolute atomic E-state index is 0.122. The van der Waals surface area contributed by atoms with Gasteiger partial charge in [-0.15, -0.1) is 0 Å². The molecule has 1 heterocycles. The highest BCUT2D eigenvalue weighted by Crippen LogP contribution is 1.99. The van der Waals surface area contributed by atoms with E-state index in [1.54, 1.807) is 0 Å². The summed E-state index contributed by atoms with van der Waals surface area (Å²) in [5.74, 6) is -0.993. The fourth-order valence-corrected chi connectivity index (χ4v) is 1.57. The topological polar surface area (TPSA) is 89.4 Å². The number of aromatic nitrogens is 3. The van der Waals surface area contributed by atoms with Crippen LogP contribution in [0.1, 0.15) is 11.3 Å². The average Bonchev–Trinajstić information content (AvgIpc) is 2.72. The lowest BCUT2D eigenvalue weighted by Gasteiger charge is -2.01. The molecule has 0 aliphatic rings. The van der Waals surface area contributed by atoms with E-state index in [4.69, 9.17) is 0 Å². The van der Waals surface area contributed by atoms with Gasteiger partial charge in [-0.25, -0.2) is 9.18 Å². The Kier molecular flexibility index (Phi) is 3.74. The van der Waals surface area contributed by atoms with Crippen molar-refractivity contribution in [1.82, 2.24) is 10.0 Å². The Morgan fingerprint density at radius 1 is 1.45 bits per heavy atom. The summed E-state index contributed by atoms with van der Waals surface area (Å²) in [5, 5.41) is 17.9. The number of nitrogens with one attached hydrogen (secondary N) is 1. The van der Waals surface area contributed by atoms with E-state index in [2.05, 4.69) is 15.3 Å². The molecule has 0 atom stereocenters. The van der Waals surface area contributed by atoms with E-state index in [0.717, 1.165) is 4.79 Å². The summed E-state index contributed by atoms with van der Waals surface area (Å²) >= 11 is 0. The van der Waals surface area contributed by atoms with Gasteiger partial charge in [-0.3, -0.25) is 4.99 Å². The third kappa shape index (κ3) is 2.63. The van der Waals surface area contributed by atoms with Gasteiger partial charge < -0.3 is 5.11 Å². The zero-order valence-electron chi connectivity index (χ0n) is 10.9. The monoisotopic (exact) mass is 277 g/mol. The number of aliphatic imine (C=N–C) groups is 1. The van der Waals surface area contributed by atoms with Gasteiger partial charge in [-0.2, -0.15) is 4.68 Å². The number of aryl methyl sites for hydroxylation is 1. The Labute approximate surface area is 113 Å². The molecular weight excluding hydrogens is 265 g/mol. The molecule has 2 aromatic rings. The molecular formula is C12H12FN5O2. The molecule has 20 heavy (non-hydrogen) atoms. The predicted octanol–water partition coefficient (Wildman–Crippen LogP) is -1.24. The summed E-state index contributed by atoms with van der Waals surface area (Å²) in [6.45, 7) is 0. The van der Waals surface area contributed by atoms with Crippen LogP contribution in [-0.4, -0.2) is 29.2 Å². The van der Waals surface area contributed by atoms with Gasteiger partial charge in [0.15, 0.2) is 0 Å². The first-order valence-corrected chi connectivity index (χ1v) is 5.68. The average molecular weight is 277 g/mol. The first-order valence-electron chi connectivity index (χ1n) is 5.68. The van der Waals surface area contributed by atoms with E-state index in [1.807, 2.05) is 0 Å².